The number of hydrogen-bond donors (Lipinski definition) is 0. The van der Waals surface area contributed by atoms with E-state index in [-0.39, 0.29) is 0 Å². The van der Waals surface area contributed by atoms with Crippen LogP contribution in [-0.4, -0.2) is 13.2 Å². The summed E-state index contributed by atoms with van der Waals surface area (Å²) < 4.78 is 12.5. The largest absolute Gasteiger partial charge is 0.485 e. The van der Waals surface area contributed by atoms with Crippen molar-refractivity contribution in [3.63, 3.8) is 0 Å². The molecule has 9 aromatic carbocycles. The van der Waals surface area contributed by atoms with E-state index in [1.807, 2.05) is 6.07 Å². The van der Waals surface area contributed by atoms with Gasteiger partial charge in [-0.15, -0.1) is 11.3 Å². The summed E-state index contributed by atoms with van der Waals surface area (Å²) in [5.41, 5.74) is 10.2. The molecule has 1 aromatic heterocycles. The van der Waals surface area contributed by atoms with E-state index in [0.29, 0.717) is 13.2 Å². The fraction of sp³-hybridized carbons (Fsp3) is 0.0370. The molecule has 0 radical (unpaired) electrons. The van der Waals surface area contributed by atoms with Gasteiger partial charge in [-0.05, 0) is 108 Å². The van der Waals surface area contributed by atoms with Gasteiger partial charge in [-0.2, -0.15) is 0 Å². The van der Waals surface area contributed by atoms with Gasteiger partial charge >= 0.3 is 0 Å². The number of hydrogen-bond acceptors (Lipinski definition) is 4. The van der Waals surface area contributed by atoms with E-state index >= 15 is 0 Å². The van der Waals surface area contributed by atoms with Gasteiger partial charge in [0, 0.05) is 17.1 Å². The molecular formula is C54H37NO2S. The number of fused-ring (bicyclic) bond motifs is 7. The summed E-state index contributed by atoms with van der Waals surface area (Å²) in [5.74, 6) is 1.68. The molecule has 0 fully saturated rings. The summed E-state index contributed by atoms with van der Waals surface area (Å²) in [7, 11) is 0. The first kappa shape index (κ1) is 34.1. The molecule has 11 rings (SSSR count). The van der Waals surface area contributed by atoms with E-state index in [2.05, 4.69) is 199 Å². The molecule has 4 heteroatoms. The summed E-state index contributed by atoms with van der Waals surface area (Å²) in [6.07, 6.45) is 0. The monoisotopic (exact) mass is 763 g/mol. The lowest BCUT2D eigenvalue weighted by atomic mass is 9.92. The Morgan fingerprint density at radius 1 is 0.310 bits per heavy atom. The van der Waals surface area contributed by atoms with Crippen LogP contribution in [0.3, 0.4) is 0 Å². The molecule has 0 bridgehead atoms. The highest BCUT2D eigenvalue weighted by Gasteiger charge is 2.26. The molecule has 3 nitrogen and oxygen atoms in total. The number of ether oxygens (including phenoxy) is 2. The van der Waals surface area contributed by atoms with Gasteiger partial charge < -0.3 is 14.4 Å². The maximum absolute atomic E-state index is 6.26. The molecule has 1 aliphatic heterocycles. The molecule has 1 aliphatic rings. The molecule has 0 saturated heterocycles. The lowest BCUT2D eigenvalue weighted by Crippen LogP contribution is -2.14. The van der Waals surface area contributed by atoms with Gasteiger partial charge in [0.25, 0.3) is 0 Å². The Hall–Kier alpha value is -7.14. The van der Waals surface area contributed by atoms with Crippen LogP contribution in [0.4, 0.5) is 17.1 Å². The van der Waals surface area contributed by atoms with Crippen LogP contribution >= 0.6 is 11.3 Å². The summed E-state index contributed by atoms with van der Waals surface area (Å²) in [6, 6.07) is 72.1. The summed E-state index contributed by atoms with van der Waals surface area (Å²) in [6.45, 7) is 1.09. The molecular weight excluding hydrogens is 727 g/mol. The van der Waals surface area contributed by atoms with E-state index in [4.69, 9.17) is 9.47 Å². The van der Waals surface area contributed by atoms with Crippen LogP contribution in [0, 0.1) is 0 Å². The molecule has 0 spiro atoms. The van der Waals surface area contributed by atoms with Crippen LogP contribution in [0.5, 0.6) is 11.5 Å². The third-order valence-electron chi connectivity index (χ3n) is 11.3. The SMILES string of the molecule is c1ccc(-c2ccc(N(c3ccc(-c4ccc5c6ccccc6c6ccccc6c5c4)cc3)c3ccc(-c4sc(-c5ccccc5)c5c4OCCO5)cc3)cc2)cc1. The van der Waals surface area contributed by atoms with E-state index < -0.39 is 0 Å². The van der Waals surface area contributed by atoms with Gasteiger partial charge in [0.2, 0.25) is 0 Å². The zero-order valence-electron chi connectivity index (χ0n) is 31.6. The predicted octanol–water partition coefficient (Wildman–Crippen LogP) is 15.1. The van der Waals surface area contributed by atoms with Crippen LogP contribution in [-0.2, 0) is 0 Å². The molecule has 0 aliphatic carbocycles. The van der Waals surface area contributed by atoms with Gasteiger partial charge in [0.05, 0.1) is 9.75 Å². The molecule has 0 N–H and O–H groups in total. The predicted molar refractivity (Wildman–Crippen MR) is 244 cm³/mol. The molecule has 0 unspecified atom stereocenters. The Kier molecular flexibility index (Phi) is 8.49. The minimum Gasteiger partial charge on any atom is -0.485 e. The van der Waals surface area contributed by atoms with Crippen LogP contribution in [0.25, 0.3) is 75.5 Å². The van der Waals surface area contributed by atoms with Crippen molar-refractivity contribution >= 4 is 60.7 Å². The Labute approximate surface area is 341 Å². The molecule has 276 valence electrons. The molecule has 0 atom stereocenters. The van der Waals surface area contributed by atoms with Crippen molar-refractivity contribution in [2.75, 3.05) is 18.1 Å². The fourth-order valence-corrected chi connectivity index (χ4v) is 9.65. The second-order valence-corrected chi connectivity index (χ2v) is 15.7. The third kappa shape index (κ3) is 5.98. The minimum absolute atomic E-state index is 0.540. The fourth-order valence-electron chi connectivity index (χ4n) is 8.45. The second kappa shape index (κ2) is 14.4. The van der Waals surface area contributed by atoms with Crippen LogP contribution in [0.1, 0.15) is 0 Å². The van der Waals surface area contributed by atoms with Gasteiger partial charge in [0.1, 0.15) is 13.2 Å². The van der Waals surface area contributed by atoms with Crippen molar-refractivity contribution in [2.45, 2.75) is 0 Å². The first-order chi connectivity index (χ1) is 28.8. The lowest BCUT2D eigenvalue weighted by Gasteiger charge is -2.26. The summed E-state index contributed by atoms with van der Waals surface area (Å²) in [5, 5.41) is 7.70. The van der Waals surface area contributed by atoms with Crippen LogP contribution in [0.15, 0.2) is 200 Å². The van der Waals surface area contributed by atoms with Gasteiger partial charge in [-0.1, -0.05) is 158 Å². The third-order valence-corrected chi connectivity index (χ3v) is 12.5. The highest BCUT2D eigenvalue weighted by molar-refractivity contribution is 7.19. The average Bonchev–Trinajstić information content (AvgIpc) is 3.70. The Balaban J connectivity index is 0.983. The molecule has 58 heavy (non-hydrogen) atoms. The maximum atomic E-state index is 6.26. The van der Waals surface area contributed by atoms with E-state index in [1.165, 1.54) is 54.6 Å². The van der Waals surface area contributed by atoms with Crippen molar-refractivity contribution in [1.29, 1.82) is 0 Å². The van der Waals surface area contributed by atoms with Crippen molar-refractivity contribution in [1.82, 2.24) is 0 Å². The van der Waals surface area contributed by atoms with Crippen molar-refractivity contribution in [2.24, 2.45) is 0 Å². The van der Waals surface area contributed by atoms with Crippen LogP contribution in [0.2, 0.25) is 0 Å². The number of benzene rings is 9. The minimum atomic E-state index is 0.540. The Bertz CT molecular complexity index is 3050. The van der Waals surface area contributed by atoms with Crippen molar-refractivity contribution < 1.29 is 9.47 Å². The van der Waals surface area contributed by atoms with E-state index in [1.54, 1.807) is 11.3 Å². The Morgan fingerprint density at radius 3 is 1.16 bits per heavy atom. The number of rotatable bonds is 7. The number of thiophene rings is 1. The molecule has 0 amide bonds. The van der Waals surface area contributed by atoms with Gasteiger partial charge in [-0.3, -0.25) is 0 Å². The zero-order chi connectivity index (χ0) is 38.4. The molecule has 2 heterocycles. The van der Waals surface area contributed by atoms with Crippen molar-refractivity contribution in [3.05, 3.63) is 200 Å². The van der Waals surface area contributed by atoms with Crippen LogP contribution < -0.4 is 14.4 Å². The quantitative estimate of drug-likeness (QED) is 0.151. The Morgan fingerprint density at radius 2 is 0.655 bits per heavy atom. The summed E-state index contributed by atoms with van der Waals surface area (Å²) in [4.78, 5) is 4.52. The standard InChI is InChI=1S/C54H37NO2S/c1-3-11-36(12-4-1)37-19-26-42(27-20-37)55(44-30-23-40(24-31-44)54-52-51(56-33-34-57-52)53(58-54)39-13-5-2-6-14-39)43-28-21-38(22-29-43)41-25-32-49-47-17-8-7-15-45(47)46-16-9-10-18-48(46)50(49)35-41/h1-32,35H,33-34H2. The topological polar surface area (TPSA) is 21.7 Å². The lowest BCUT2D eigenvalue weighted by molar-refractivity contribution is 0.175. The maximum Gasteiger partial charge on any atom is 0.180 e. The van der Waals surface area contributed by atoms with Crippen molar-refractivity contribution in [3.8, 4) is 54.6 Å². The first-order valence-corrected chi connectivity index (χ1v) is 20.6. The number of anilines is 3. The highest BCUT2D eigenvalue weighted by atomic mass is 32.1. The molecule has 10 aromatic rings. The average molecular weight is 764 g/mol. The molecule has 0 saturated carbocycles. The second-order valence-electron chi connectivity index (χ2n) is 14.7. The van der Waals surface area contributed by atoms with E-state index in [9.17, 15) is 0 Å². The van der Waals surface area contributed by atoms with Gasteiger partial charge in [-0.25, -0.2) is 0 Å². The zero-order valence-corrected chi connectivity index (χ0v) is 32.5. The number of nitrogens with zero attached hydrogens (tertiary/aromatic N) is 1. The van der Waals surface area contributed by atoms with Gasteiger partial charge in [0.15, 0.2) is 11.5 Å². The highest BCUT2D eigenvalue weighted by Crippen LogP contribution is 2.54. The smallest absolute Gasteiger partial charge is 0.180 e. The summed E-state index contributed by atoms with van der Waals surface area (Å²) >= 11 is 1.73. The first-order valence-electron chi connectivity index (χ1n) is 19.7. The normalized spacial score (nSPS) is 12.3. The van der Waals surface area contributed by atoms with E-state index in [0.717, 1.165) is 49.4 Å².